The lowest BCUT2D eigenvalue weighted by molar-refractivity contribution is -0.143. The Kier molecular flexibility index (Phi) is 3.88. The maximum absolute atomic E-state index is 9.74. The van der Waals surface area contributed by atoms with E-state index in [0.29, 0.717) is 0 Å². The van der Waals surface area contributed by atoms with E-state index in [1.54, 1.807) is 0 Å². The highest BCUT2D eigenvalue weighted by Gasteiger charge is 2.39. The lowest BCUT2D eigenvalue weighted by Crippen LogP contribution is -2.50. The number of rotatable bonds is 2. The first kappa shape index (κ1) is 12.3. The number of aliphatic hydroxyl groups excluding tert-OH is 1. The molecule has 0 amide bonds. The van der Waals surface area contributed by atoms with Gasteiger partial charge >= 0.3 is 0 Å². The molecule has 94 valence electrons. The molecular formula is C13H25NO2. The van der Waals surface area contributed by atoms with Crippen LogP contribution in [0.15, 0.2) is 0 Å². The van der Waals surface area contributed by atoms with Crippen LogP contribution in [-0.4, -0.2) is 48.0 Å². The molecule has 3 heteroatoms. The fourth-order valence-corrected chi connectivity index (χ4v) is 3.01. The minimum atomic E-state index is -0.134. The first-order valence-electron chi connectivity index (χ1n) is 6.64. The summed E-state index contributed by atoms with van der Waals surface area (Å²) >= 11 is 0. The van der Waals surface area contributed by atoms with Gasteiger partial charge in [0.25, 0.3) is 0 Å². The zero-order valence-corrected chi connectivity index (χ0v) is 10.6. The molecule has 0 aliphatic carbocycles. The Hall–Kier alpha value is -0.120. The first-order valence-corrected chi connectivity index (χ1v) is 6.64. The Balaban J connectivity index is 1.83. The van der Waals surface area contributed by atoms with Crippen molar-refractivity contribution in [1.82, 2.24) is 4.90 Å². The van der Waals surface area contributed by atoms with Crippen molar-refractivity contribution in [1.29, 1.82) is 0 Å². The summed E-state index contributed by atoms with van der Waals surface area (Å²) in [6.45, 7) is 8.73. The van der Waals surface area contributed by atoms with E-state index in [9.17, 15) is 5.11 Å². The molecule has 2 aliphatic heterocycles. The van der Waals surface area contributed by atoms with Gasteiger partial charge in [-0.1, -0.05) is 13.8 Å². The van der Waals surface area contributed by atoms with Gasteiger partial charge in [-0.25, -0.2) is 0 Å². The zero-order valence-electron chi connectivity index (χ0n) is 10.6. The molecule has 1 atom stereocenters. The molecule has 0 aromatic carbocycles. The summed E-state index contributed by atoms with van der Waals surface area (Å²) in [4.78, 5) is 2.53. The van der Waals surface area contributed by atoms with Gasteiger partial charge in [-0.15, -0.1) is 0 Å². The van der Waals surface area contributed by atoms with Gasteiger partial charge in [0, 0.05) is 32.7 Å². The number of aliphatic hydroxyl groups is 1. The quantitative estimate of drug-likeness (QED) is 0.778. The van der Waals surface area contributed by atoms with Gasteiger partial charge in [-0.2, -0.15) is 0 Å². The Morgan fingerprint density at radius 1 is 1.38 bits per heavy atom. The Bertz CT molecular complexity index is 222. The van der Waals surface area contributed by atoms with Crippen molar-refractivity contribution in [3.8, 4) is 0 Å². The Morgan fingerprint density at radius 2 is 2.06 bits per heavy atom. The third-order valence-electron chi connectivity index (χ3n) is 3.86. The number of hydrogen-bond acceptors (Lipinski definition) is 3. The second-order valence-electron chi connectivity index (χ2n) is 5.87. The molecule has 0 aromatic heterocycles. The summed E-state index contributed by atoms with van der Waals surface area (Å²) in [7, 11) is 0. The number of piperidine rings is 1. The van der Waals surface area contributed by atoms with Crippen molar-refractivity contribution in [3.63, 3.8) is 0 Å². The molecule has 2 heterocycles. The number of ether oxygens (including phenoxy) is 1. The first-order chi connectivity index (χ1) is 7.60. The van der Waals surface area contributed by atoms with Crippen LogP contribution in [0.3, 0.4) is 0 Å². The predicted octanol–water partition coefficient (Wildman–Crippen LogP) is 1.65. The molecule has 0 radical (unpaired) electrons. The topological polar surface area (TPSA) is 32.7 Å². The average Bonchev–Trinajstić information content (AvgIpc) is 2.21. The lowest BCUT2D eigenvalue weighted by atomic mass is 9.83. The summed E-state index contributed by atoms with van der Waals surface area (Å²) in [5.74, 6) is 0.743. The van der Waals surface area contributed by atoms with Gasteiger partial charge in [0.1, 0.15) is 0 Å². The van der Waals surface area contributed by atoms with Gasteiger partial charge < -0.3 is 14.7 Å². The van der Waals surface area contributed by atoms with E-state index >= 15 is 0 Å². The second kappa shape index (κ2) is 5.03. The van der Waals surface area contributed by atoms with Crippen molar-refractivity contribution >= 4 is 0 Å². The highest BCUT2D eigenvalue weighted by atomic mass is 16.5. The minimum Gasteiger partial charge on any atom is -0.393 e. The molecular weight excluding hydrogens is 202 g/mol. The van der Waals surface area contributed by atoms with Gasteiger partial charge in [-0.3, -0.25) is 0 Å². The molecule has 0 aromatic rings. The van der Waals surface area contributed by atoms with E-state index in [1.807, 2.05) is 0 Å². The maximum Gasteiger partial charge on any atom is 0.0731 e. The van der Waals surface area contributed by atoms with Gasteiger partial charge in [-0.05, 0) is 25.2 Å². The lowest BCUT2D eigenvalue weighted by Gasteiger charge is -2.45. The molecule has 3 nitrogen and oxygen atoms in total. The molecule has 1 N–H and O–H groups in total. The maximum atomic E-state index is 9.74. The standard InChI is InChI=1S/C13H25NO2/c1-11(2)10-14-6-4-13(5-7-14)9-12(15)3-8-16-13/h11-12,15H,3-10H2,1-2H3. The Labute approximate surface area is 98.8 Å². The average molecular weight is 227 g/mol. The fraction of sp³-hybridized carbons (Fsp3) is 1.00. The van der Waals surface area contributed by atoms with Crippen molar-refractivity contribution < 1.29 is 9.84 Å². The molecule has 2 fully saturated rings. The van der Waals surface area contributed by atoms with Crippen LogP contribution in [0.5, 0.6) is 0 Å². The fourth-order valence-electron chi connectivity index (χ4n) is 3.01. The monoisotopic (exact) mass is 227 g/mol. The van der Waals surface area contributed by atoms with Crippen LogP contribution in [0.2, 0.25) is 0 Å². The van der Waals surface area contributed by atoms with E-state index in [2.05, 4.69) is 18.7 Å². The molecule has 16 heavy (non-hydrogen) atoms. The number of hydrogen-bond donors (Lipinski definition) is 1. The van der Waals surface area contributed by atoms with E-state index < -0.39 is 0 Å². The van der Waals surface area contributed by atoms with Crippen LogP contribution in [-0.2, 0) is 4.74 Å². The van der Waals surface area contributed by atoms with Crippen LogP contribution >= 0.6 is 0 Å². The summed E-state index contributed by atoms with van der Waals surface area (Å²) in [5.41, 5.74) is 0.00511. The number of likely N-dealkylation sites (tertiary alicyclic amines) is 1. The van der Waals surface area contributed by atoms with Gasteiger partial charge in [0.05, 0.1) is 11.7 Å². The van der Waals surface area contributed by atoms with E-state index in [1.165, 1.54) is 6.54 Å². The minimum absolute atomic E-state index is 0.00511. The van der Waals surface area contributed by atoms with Crippen molar-refractivity contribution in [2.75, 3.05) is 26.2 Å². The molecule has 0 bridgehead atoms. The van der Waals surface area contributed by atoms with Crippen LogP contribution in [0.25, 0.3) is 0 Å². The molecule has 1 unspecified atom stereocenters. The third-order valence-corrected chi connectivity index (χ3v) is 3.86. The second-order valence-corrected chi connectivity index (χ2v) is 5.87. The molecule has 2 rings (SSSR count). The van der Waals surface area contributed by atoms with Crippen LogP contribution in [0.1, 0.15) is 39.5 Å². The predicted molar refractivity (Wildman–Crippen MR) is 64.4 cm³/mol. The van der Waals surface area contributed by atoms with E-state index in [4.69, 9.17) is 4.74 Å². The summed E-state index contributed by atoms with van der Waals surface area (Å²) in [6, 6.07) is 0. The molecule has 0 saturated carbocycles. The molecule has 1 spiro atoms. The largest absolute Gasteiger partial charge is 0.393 e. The summed E-state index contributed by atoms with van der Waals surface area (Å²) < 4.78 is 5.94. The summed E-state index contributed by atoms with van der Waals surface area (Å²) in [5, 5.41) is 9.74. The zero-order chi connectivity index (χ0) is 11.6. The van der Waals surface area contributed by atoms with Crippen LogP contribution in [0.4, 0.5) is 0 Å². The third kappa shape index (κ3) is 2.96. The van der Waals surface area contributed by atoms with Crippen LogP contribution < -0.4 is 0 Å². The SMILES string of the molecule is CC(C)CN1CCC2(CC1)CC(O)CCO2. The van der Waals surface area contributed by atoms with Crippen molar-refractivity contribution in [3.05, 3.63) is 0 Å². The highest BCUT2D eigenvalue weighted by Crippen LogP contribution is 2.35. The van der Waals surface area contributed by atoms with Crippen molar-refractivity contribution in [2.45, 2.75) is 51.2 Å². The van der Waals surface area contributed by atoms with Crippen LogP contribution in [0, 0.1) is 5.92 Å². The highest BCUT2D eigenvalue weighted by molar-refractivity contribution is 4.92. The Morgan fingerprint density at radius 3 is 2.62 bits per heavy atom. The van der Waals surface area contributed by atoms with Gasteiger partial charge in [0.15, 0.2) is 0 Å². The van der Waals surface area contributed by atoms with Crippen molar-refractivity contribution in [2.24, 2.45) is 5.92 Å². The number of nitrogens with zero attached hydrogens (tertiary/aromatic N) is 1. The smallest absolute Gasteiger partial charge is 0.0731 e. The summed E-state index contributed by atoms with van der Waals surface area (Å²) in [6.07, 6.45) is 3.72. The molecule has 2 aliphatic rings. The molecule has 2 saturated heterocycles. The van der Waals surface area contributed by atoms with E-state index in [0.717, 1.165) is 51.3 Å². The normalized spacial score (nSPS) is 31.1. The van der Waals surface area contributed by atoms with Gasteiger partial charge in [0.2, 0.25) is 0 Å². The van der Waals surface area contributed by atoms with E-state index in [-0.39, 0.29) is 11.7 Å².